The molecule has 0 bridgehead atoms. The van der Waals surface area contributed by atoms with Crippen molar-refractivity contribution in [3.8, 4) is 5.75 Å². The van der Waals surface area contributed by atoms with Gasteiger partial charge in [0.2, 0.25) is 10.0 Å². The van der Waals surface area contributed by atoms with Crippen molar-refractivity contribution < 1.29 is 17.9 Å². The monoisotopic (exact) mass is 445 g/mol. The molecule has 0 aromatic heterocycles. The predicted molar refractivity (Wildman–Crippen MR) is 121 cm³/mol. The van der Waals surface area contributed by atoms with Crippen molar-refractivity contribution in [3.63, 3.8) is 0 Å². The molecule has 2 aromatic rings. The number of benzene rings is 2. The number of nitrogens with one attached hydrogen (secondary N) is 1. The van der Waals surface area contributed by atoms with Crippen LogP contribution < -0.4 is 10.1 Å². The molecule has 1 N–H and O–H groups in total. The number of ether oxygens (including phenoxy) is 1. The maximum absolute atomic E-state index is 13.1. The average molecular weight is 446 g/mol. The summed E-state index contributed by atoms with van der Waals surface area (Å²) in [5.41, 5.74) is 2.08. The van der Waals surface area contributed by atoms with Crippen molar-refractivity contribution in [1.82, 2.24) is 14.5 Å². The number of hydrogen-bond acceptors (Lipinski definition) is 5. The summed E-state index contributed by atoms with van der Waals surface area (Å²) in [5, 5.41) is 3.05. The molecule has 1 aliphatic heterocycles. The second kappa shape index (κ2) is 9.80. The van der Waals surface area contributed by atoms with Crippen LogP contribution in [-0.2, 0) is 10.0 Å². The Morgan fingerprint density at radius 3 is 2.32 bits per heavy atom. The Bertz CT molecular complexity index is 1010. The smallest absolute Gasteiger partial charge is 0.252 e. The first-order valence-corrected chi connectivity index (χ1v) is 11.9. The van der Waals surface area contributed by atoms with E-state index in [1.54, 1.807) is 19.2 Å². The Balaban J connectivity index is 1.82. The van der Waals surface area contributed by atoms with Crippen molar-refractivity contribution in [2.75, 3.05) is 40.3 Å². The Hall–Kier alpha value is -2.42. The molecule has 0 radical (unpaired) electrons. The van der Waals surface area contributed by atoms with Crippen LogP contribution in [0.15, 0.2) is 47.4 Å². The minimum absolute atomic E-state index is 0.158. The third-order valence-corrected chi connectivity index (χ3v) is 7.68. The van der Waals surface area contributed by atoms with E-state index in [0.29, 0.717) is 38.2 Å². The molecule has 7 nitrogen and oxygen atoms in total. The number of aryl methyl sites for hydroxylation is 1. The summed E-state index contributed by atoms with van der Waals surface area (Å²) in [7, 11) is -0.0508. The molecular weight excluding hydrogens is 414 g/mol. The van der Waals surface area contributed by atoms with Gasteiger partial charge in [-0.3, -0.25) is 4.79 Å². The van der Waals surface area contributed by atoms with E-state index in [0.717, 1.165) is 16.9 Å². The van der Waals surface area contributed by atoms with Gasteiger partial charge in [-0.2, -0.15) is 4.31 Å². The summed E-state index contributed by atoms with van der Waals surface area (Å²) in [6.07, 6.45) is 0.705. The molecule has 0 saturated carbocycles. The van der Waals surface area contributed by atoms with Crippen molar-refractivity contribution in [2.24, 2.45) is 0 Å². The molecule has 0 unspecified atom stereocenters. The minimum atomic E-state index is -3.64. The Morgan fingerprint density at radius 2 is 1.74 bits per heavy atom. The SMILES string of the molecule is CC[C@@H](NC(=O)c1cc(S(=O)(=O)N2CCN(C)CC2)ccc1C)c1ccc(OC)cc1. The van der Waals surface area contributed by atoms with Crippen molar-refractivity contribution >= 4 is 15.9 Å². The van der Waals surface area contributed by atoms with E-state index in [1.165, 1.54) is 10.4 Å². The number of amides is 1. The zero-order valence-corrected chi connectivity index (χ0v) is 19.4. The maximum atomic E-state index is 13.1. The molecule has 1 atom stereocenters. The van der Waals surface area contributed by atoms with Crippen molar-refractivity contribution in [3.05, 3.63) is 59.2 Å². The third-order valence-electron chi connectivity index (χ3n) is 5.79. The summed E-state index contributed by atoms with van der Waals surface area (Å²) < 4.78 is 32.9. The summed E-state index contributed by atoms with van der Waals surface area (Å²) >= 11 is 0. The zero-order chi connectivity index (χ0) is 22.6. The lowest BCUT2D eigenvalue weighted by atomic mass is 10.0. The van der Waals surface area contributed by atoms with Crippen molar-refractivity contribution in [2.45, 2.75) is 31.2 Å². The van der Waals surface area contributed by atoms with E-state index < -0.39 is 10.0 Å². The molecular formula is C23H31N3O4S. The molecule has 2 aromatic carbocycles. The molecule has 168 valence electrons. The second-order valence-electron chi connectivity index (χ2n) is 7.89. The fraction of sp³-hybridized carbons (Fsp3) is 0.435. The lowest BCUT2D eigenvalue weighted by Gasteiger charge is -2.31. The van der Waals surface area contributed by atoms with Gasteiger partial charge in [-0.05, 0) is 55.8 Å². The highest BCUT2D eigenvalue weighted by atomic mass is 32.2. The largest absolute Gasteiger partial charge is 0.497 e. The van der Waals surface area contributed by atoms with Crippen LogP contribution in [0.1, 0.15) is 40.9 Å². The lowest BCUT2D eigenvalue weighted by Crippen LogP contribution is -2.47. The van der Waals surface area contributed by atoms with E-state index in [9.17, 15) is 13.2 Å². The predicted octanol–water partition coefficient (Wildman–Crippen LogP) is 2.82. The molecule has 1 aliphatic rings. The van der Waals surface area contributed by atoms with Crippen LogP contribution >= 0.6 is 0 Å². The van der Waals surface area contributed by atoms with E-state index in [-0.39, 0.29) is 16.8 Å². The highest BCUT2D eigenvalue weighted by Gasteiger charge is 2.28. The van der Waals surface area contributed by atoms with E-state index in [4.69, 9.17) is 4.74 Å². The number of carbonyl (C=O) groups excluding carboxylic acids is 1. The van der Waals surface area contributed by atoms with Gasteiger partial charge in [0.05, 0.1) is 18.0 Å². The number of nitrogens with zero attached hydrogens (tertiary/aromatic N) is 2. The molecule has 31 heavy (non-hydrogen) atoms. The first kappa shape index (κ1) is 23.2. The van der Waals surface area contributed by atoms with Gasteiger partial charge in [-0.25, -0.2) is 8.42 Å². The third kappa shape index (κ3) is 5.26. The molecule has 3 rings (SSSR count). The fourth-order valence-electron chi connectivity index (χ4n) is 3.68. The van der Waals surface area contributed by atoms with Crippen LogP contribution in [0.3, 0.4) is 0 Å². The van der Waals surface area contributed by atoms with Gasteiger partial charge in [0, 0.05) is 31.7 Å². The summed E-state index contributed by atoms with van der Waals surface area (Å²) in [6.45, 7) is 6.09. The summed E-state index contributed by atoms with van der Waals surface area (Å²) in [5.74, 6) is 0.471. The van der Waals surface area contributed by atoms with Crippen LogP contribution in [0.25, 0.3) is 0 Å². The number of sulfonamides is 1. The van der Waals surface area contributed by atoms with E-state index >= 15 is 0 Å². The van der Waals surface area contributed by atoms with Crippen LogP contribution in [0, 0.1) is 6.92 Å². The molecule has 8 heteroatoms. The Kier molecular flexibility index (Phi) is 7.35. The first-order chi connectivity index (χ1) is 14.8. The van der Waals surface area contributed by atoms with Gasteiger partial charge in [0.15, 0.2) is 0 Å². The number of carbonyl (C=O) groups is 1. The van der Waals surface area contributed by atoms with Gasteiger partial charge in [-0.1, -0.05) is 25.1 Å². The number of rotatable bonds is 7. The van der Waals surface area contributed by atoms with Gasteiger partial charge >= 0.3 is 0 Å². The van der Waals surface area contributed by atoms with Crippen LogP contribution in [0.2, 0.25) is 0 Å². The van der Waals surface area contributed by atoms with Gasteiger partial charge in [0.25, 0.3) is 5.91 Å². The molecule has 1 amide bonds. The van der Waals surface area contributed by atoms with Crippen LogP contribution in [0.4, 0.5) is 0 Å². The molecule has 1 saturated heterocycles. The number of methoxy groups -OCH3 is 1. The maximum Gasteiger partial charge on any atom is 0.252 e. The minimum Gasteiger partial charge on any atom is -0.497 e. The fourth-order valence-corrected chi connectivity index (χ4v) is 5.13. The zero-order valence-electron chi connectivity index (χ0n) is 18.6. The first-order valence-electron chi connectivity index (χ1n) is 10.5. The standard InChI is InChI=1S/C23H31N3O4S/c1-5-22(18-7-9-19(30-4)10-8-18)24-23(27)21-16-20(11-6-17(21)2)31(28,29)26-14-12-25(3)13-15-26/h6-11,16,22H,5,12-15H2,1-4H3,(H,24,27)/t22-/m1/s1. The van der Waals surface area contributed by atoms with Crippen molar-refractivity contribution in [1.29, 1.82) is 0 Å². The van der Waals surface area contributed by atoms with Gasteiger partial charge in [-0.15, -0.1) is 0 Å². The Morgan fingerprint density at radius 1 is 1.10 bits per heavy atom. The van der Waals surface area contributed by atoms with Crippen LogP contribution in [-0.4, -0.2) is 63.9 Å². The van der Waals surface area contributed by atoms with Gasteiger partial charge < -0.3 is 15.0 Å². The Labute approximate surface area is 185 Å². The lowest BCUT2D eigenvalue weighted by molar-refractivity contribution is 0.0934. The molecule has 0 aliphatic carbocycles. The number of likely N-dealkylation sites (N-methyl/N-ethyl adjacent to an activating group) is 1. The van der Waals surface area contributed by atoms with E-state index in [2.05, 4.69) is 10.2 Å². The second-order valence-corrected chi connectivity index (χ2v) is 9.83. The average Bonchev–Trinajstić information content (AvgIpc) is 2.78. The quantitative estimate of drug-likeness (QED) is 0.709. The summed E-state index contributed by atoms with van der Waals surface area (Å²) in [4.78, 5) is 15.3. The van der Waals surface area contributed by atoms with E-state index in [1.807, 2.05) is 45.2 Å². The number of hydrogen-bond donors (Lipinski definition) is 1. The normalized spacial score (nSPS) is 16.6. The van der Waals surface area contributed by atoms with Gasteiger partial charge in [0.1, 0.15) is 5.75 Å². The highest BCUT2D eigenvalue weighted by Crippen LogP contribution is 2.24. The topological polar surface area (TPSA) is 79.0 Å². The molecule has 1 fully saturated rings. The molecule has 1 heterocycles. The molecule has 0 spiro atoms. The summed E-state index contributed by atoms with van der Waals surface area (Å²) in [6, 6.07) is 12.2. The number of piperazine rings is 1. The highest BCUT2D eigenvalue weighted by molar-refractivity contribution is 7.89. The van der Waals surface area contributed by atoms with Crippen LogP contribution in [0.5, 0.6) is 5.75 Å².